The maximum absolute atomic E-state index is 11.8. The lowest BCUT2D eigenvalue weighted by atomic mass is 10.2. The van der Waals surface area contributed by atoms with E-state index in [-0.39, 0.29) is 12.5 Å². The van der Waals surface area contributed by atoms with Gasteiger partial charge in [0.25, 0.3) is 0 Å². The lowest BCUT2D eigenvalue weighted by Gasteiger charge is -2.23. The van der Waals surface area contributed by atoms with Crippen LogP contribution in [0.15, 0.2) is 0 Å². The Morgan fingerprint density at radius 3 is 2.56 bits per heavy atom. The van der Waals surface area contributed by atoms with Gasteiger partial charge in [0.15, 0.2) is 0 Å². The zero-order valence-corrected chi connectivity index (χ0v) is 10.5. The molecule has 0 saturated carbocycles. The van der Waals surface area contributed by atoms with Crippen LogP contribution in [0.4, 0.5) is 0 Å². The number of carbonyl (C=O) groups is 2. The second kappa shape index (κ2) is 6.15. The molecule has 0 spiro atoms. The Kier molecular flexibility index (Phi) is 4.54. The number of ether oxygens (including phenoxy) is 1. The second-order valence-corrected chi connectivity index (χ2v) is 4.91. The van der Waals surface area contributed by atoms with E-state index in [1.807, 2.05) is 0 Å². The number of hydrogen-bond donors (Lipinski definition) is 1. The van der Waals surface area contributed by atoms with Crippen molar-refractivity contribution in [1.82, 2.24) is 9.80 Å². The Hall–Kier alpha value is -1.14. The third-order valence-corrected chi connectivity index (χ3v) is 3.62. The summed E-state index contributed by atoms with van der Waals surface area (Å²) >= 11 is 0. The SMILES string of the molecule is O=C(O)COCC(=O)N1CCC(N2CCCC2)C1. The fraction of sp³-hybridized carbons (Fsp3) is 0.833. The van der Waals surface area contributed by atoms with Crippen molar-refractivity contribution in [2.24, 2.45) is 0 Å². The van der Waals surface area contributed by atoms with Gasteiger partial charge in [0.05, 0.1) is 0 Å². The number of hydrogen-bond acceptors (Lipinski definition) is 4. The topological polar surface area (TPSA) is 70.1 Å². The van der Waals surface area contributed by atoms with E-state index in [1.54, 1.807) is 4.90 Å². The minimum absolute atomic E-state index is 0.0991. The summed E-state index contributed by atoms with van der Waals surface area (Å²) < 4.78 is 4.83. The molecule has 0 radical (unpaired) electrons. The van der Waals surface area contributed by atoms with E-state index in [4.69, 9.17) is 9.84 Å². The molecule has 0 aromatic rings. The van der Waals surface area contributed by atoms with Crippen molar-refractivity contribution in [1.29, 1.82) is 0 Å². The summed E-state index contributed by atoms with van der Waals surface area (Å²) in [5, 5.41) is 8.42. The van der Waals surface area contributed by atoms with Gasteiger partial charge < -0.3 is 14.7 Å². The third-order valence-electron chi connectivity index (χ3n) is 3.62. The highest BCUT2D eigenvalue weighted by Gasteiger charge is 2.31. The average Bonchev–Trinajstić information content (AvgIpc) is 2.99. The molecule has 2 saturated heterocycles. The van der Waals surface area contributed by atoms with Crippen molar-refractivity contribution in [3.8, 4) is 0 Å². The molecule has 0 aromatic carbocycles. The molecule has 2 aliphatic rings. The van der Waals surface area contributed by atoms with Gasteiger partial charge in [-0.15, -0.1) is 0 Å². The van der Waals surface area contributed by atoms with Gasteiger partial charge in [-0.25, -0.2) is 4.79 Å². The molecule has 6 nitrogen and oxygen atoms in total. The molecule has 2 rings (SSSR count). The van der Waals surface area contributed by atoms with E-state index in [2.05, 4.69) is 4.90 Å². The molecule has 102 valence electrons. The zero-order valence-electron chi connectivity index (χ0n) is 10.5. The van der Waals surface area contributed by atoms with Gasteiger partial charge in [-0.1, -0.05) is 0 Å². The molecule has 1 atom stereocenters. The summed E-state index contributed by atoms with van der Waals surface area (Å²) in [5.74, 6) is -1.14. The summed E-state index contributed by atoms with van der Waals surface area (Å²) in [6.45, 7) is 3.27. The first-order valence-electron chi connectivity index (χ1n) is 6.48. The molecule has 0 bridgehead atoms. The van der Waals surface area contributed by atoms with Crippen molar-refractivity contribution >= 4 is 11.9 Å². The van der Waals surface area contributed by atoms with Crippen LogP contribution in [-0.4, -0.2) is 72.2 Å². The van der Waals surface area contributed by atoms with Gasteiger partial charge in [0, 0.05) is 19.1 Å². The summed E-state index contributed by atoms with van der Waals surface area (Å²) in [6, 6.07) is 0.482. The van der Waals surface area contributed by atoms with Gasteiger partial charge in [0.1, 0.15) is 13.2 Å². The van der Waals surface area contributed by atoms with Gasteiger partial charge in [-0.3, -0.25) is 9.69 Å². The molecular weight excluding hydrogens is 236 g/mol. The number of nitrogens with zero attached hydrogens (tertiary/aromatic N) is 2. The largest absolute Gasteiger partial charge is 0.480 e. The van der Waals surface area contributed by atoms with Crippen molar-refractivity contribution in [2.45, 2.75) is 25.3 Å². The van der Waals surface area contributed by atoms with E-state index in [0.717, 1.165) is 32.6 Å². The number of carboxylic acid groups (broad SMARTS) is 1. The van der Waals surface area contributed by atoms with E-state index in [9.17, 15) is 9.59 Å². The van der Waals surface area contributed by atoms with Crippen LogP contribution >= 0.6 is 0 Å². The first-order chi connectivity index (χ1) is 8.66. The molecule has 1 unspecified atom stereocenters. The third kappa shape index (κ3) is 3.43. The lowest BCUT2D eigenvalue weighted by molar-refractivity contribution is -0.145. The van der Waals surface area contributed by atoms with Gasteiger partial charge in [-0.2, -0.15) is 0 Å². The van der Waals surface area contributed by atoms with Crippen LogP contribution in [-0.2, 0) is 14.3 Å². The molecule has 2 heterocycles. The highest BCUT2D eigenvalue weighted by atomic mass is 16.5. The zero-order chi connectivity index (χ0) is 13.0. The predicted molar refractivity (Wildman–Crippen MR) is 64.2 cm³/mol. The van der Waals surface area contributed by atoms with Crippen LogP contribution in [0, 0.1) is 0 Å². The molecule has 18 heavy (non-hydrogen) atoms. The van der Waals surface area contributed by atoms with Crippen molar-refractivity contribution in [3.05, 3.63) is 0 Å². The van der Waals surface area contributed by atoms with E-state index in [0.29, 0.717) is 6.04 Å². The highest BCUT2D eigenvalue weighted by molar-refractivity contribution is 5.78. The van der Waals surface area contributed by atoms with Crippen molar-refractivity contribution < 1.29 is 19.4 Å². The maximum Gasteiger partial charge on any atom is 0.329 e. The van der Waals surface area contributed by atoms with Crippen LogP contribution in [0.25, 0.3) is 0 Å². The van der Waals surface area contributed by atoms with Gasteiger partial charge in [-0.05, 0) is 32.4 Å². The molecule has 1 amide bonds. The predicted octanol–water partition coefficient (Wildman–Crippen LogP) is -0.216. The average molecular weight is 256 g/mol. The smallest absolute Gasteiger partial charge is 0.329 e. The second-order valence-electron chi connectivity index (χ2n) is 4.91. The maximum atomic E-state index is 11.8. The van der Waals surface area contributed by atoms with Crippen LogP contribution in [0.5, 0.6) is 0 Å². The van der Waals surface area contributed by atoms with Crippen LogP contribution in [0.2, 0.25) is 0 Å². The molecule has 6 heteroatoms. The van der Waals surface area contributed by atoms with Crippen molar-refractivity contribution in [2.75, 3.05) is 39.4 Å². The highest BCUT2D eigenvalue weighted by Crippen LogP contribution is 2.20. The lowest BCUT2D eigenvalue weighted by Crippen LogP contribution is -2.38. The molecule has 0 aromatic heterocycles. The Morgan fingerprint density at radius 1 is 1.17 bits per heavy atom. The van der Waals surface area contributed by atoms with Crippen LogP contribution in [0.1, 0.15) is 19.3 Å². The Bertz CT molecular complexity index is 315. The van der Waals surface area contributed by atoms with Crippen LogP contribution < -0.4 is 0 Å². The summed E-state index contributed by atoms with van der Waals surface area (Å²) in [5.41, 5.74) is 0. The number of carboxylic acids is 1. The molecule has 0 aliphatic carbocycles. The first kappa shape index (κ1) is 13.3. The first-order valence-corrected chi connectivity index (χ1v) is 6.48. The van der Waals surface area contributed by atoms with E-state index < -0.39 is 12.6 Å². The van der Waals surface area contributed by atoms with Gasteiger partial charge in [0.2, 0.25) is 5.91 Å². The fourth-order valence-corrected chi connectivity index (χ4v) is 2.69. The fourth-order valence-electron chi connectivity index (χ4n) is 2.69. The Balaban J connectivity index is 1.70. The van der Waals surface area contributed by atoms with Crippen LogP contribution in [0.3, 0.4) is 0 Å². The monoisotopic (exact) mass is 256 g/mol. The van der Waals surface area contributed by atoms with Gasteiger partial charge >= 0.3 is 5.97 Å². The Labute approximate surface area is 106 Å². The Morgan fingerprint density at radius 2 is 1.89 bits per heavy atom. The molecular formula is C12H20N2O4. The number of amides is 1. The summed E-state index contributed by atoms with van der Waals surface area (Å²) in [7, 11) is 0. The molecule has 2 fully saturated rings. The summed E-state index contributed by atoms with van der Waals surface area (Å²) in [6.07, 6.45) is 3.53. The standard InChI is InChI=1S/C12H20N2O4/c15-11(8-18-9-12(16)17)14-6-3-10(7-14)13-4-1-2-5-13/h10H,1-9H2,(H,16,17). The number of carbonyl (C=O) groups excluding carboxylic acids is 1. The number of aliphatic carboxylic acids is 1. The van der Waals surface area contributed by atoms with E-state index in [1.165, 1.54) is 12.8 Å². The minimum atomic E-state index is -1.04. The normalized spacial score (nSPS) is 24.7. The number of likely N-dealkylation sites (tertiary alicyclic amines) is 2. The quantitative estimate of drug-likeness (QED) is 0.736. The molecule has 1 N–H and O–H groups in total. The van der Waals surface area contributed by atoms with E-state index >= 15 is 0 Å². The number of rotatable bonds is 5. The summed E-state index contributed by atoms with van der Waals surface area (Å²) in [4.78, 5) is 26.3. The van der Waals surface area contributed by atoms with Crippen molar-refractivity contribution in [3.63, 3.8) is 0 Å². The minimum Gasteiger partial charge on any atom is -0.480 e. The molecule has 2 aliphatic heterocycles.